The van der Waals surface area contributed by atoms with Gasteiger partial charge in [0.1, 0.15) is 0 Å². The minimum Gasteiger partial charge on any atom is -0.331 e. The molecule has 0 radical (unpaired) electrons. The van der Waals surface area contributed by atoms with E-state index in [1.54, 1.807) is 12.1 Å². The lowest BCUT2D eigenvalue weighted by molar-refractivity contribution is 0.0944. The number of anilines is 1. The maximum absolute atomic E-state index is 12.1. The molecule has 0 bridgehead atoms. The van der Waals surface area contributed by atoms with Crippen molar-refractivity contribution >= 4 is 52.1 Å². The van der Waals surface area contributed by atoms with Gasteiger partial charge in [0.2, 0.25) is 0 Å². The van der Waals surface area contributed by atoms with E-state index in [1.165, 1.54) is 11.6 Å². The first-order valence-electron chi connectivity index (χ1n) is 6.91. The van der Waals surface area contributed by atoms with Crippen LogP contribution in [0.1, 0.15) is 22.8 Å². The summed E-state index contributed by atoms with van der Waals surface area (Å²) < 4.78 is 0. The Bertz CT molecular complexity index is 720. The van der Waals surface area contributed by atoms with Crippen LogP contribution in [0.3, 0.4) is 0 Å². The van der Waals surface area contributed by atoms with Gasteiger partial charge in [-0.3, -0.25) is 15.6 Å². The van der Waals surface area contributed by atoms with Gasteiger partial charge in [-0.25, -0.2) is 0 Å². The van der Waals surface area contributed by atoms with Crippen LogP contribution in [0.15, 0.2) is 42.5 Å². The number of hydrogen-bond acceptors (Lipinski definition) is 2. The van der Waals surface area contributed by atoms with E-state index in [0.29, 0.717) is 10.0 Å². The number of aryl methyl sites for hydroxylation is 1. The van der Waals surface area contributed by atoms with E-state index in [2.05, 4.69) is 23.1 Å². The maximum atomic E-state index is 12.1. The predicted molar refractivity (Wildman–Crippen MR) is 99.1 cm³/mol. The highest BCUT2D eigenvalue weighted by Gasteiger charge is 2.11. The summed E-state index contributed by atoms with van der Waals surface area (Å²) in [5, 5.41) is 3.97. The topological polar surface area (TPSA) is 53.2 Å². The first kappa shape index (κ1) is 17.5. The van der Waals surface area contributed by atoms with Gasteiger partial charge in [-0.15, -0.1) is 0 Å². The van der Waals surface area contributed by atoms with Gasteiger partial charge < -0.3 is 5.32 Å². The highest BCUT2D eigenvalue weighted by molar-refractivity contribution is 7.80. The molecule has 0 spiro atoms. The zero-order valence-corrected chi connectivity index (χ0v) is 14.6. The van der Waals surface area contributed by atoms with E-state index in [-0.39, 0.29) is 10.7 Å². The summed E-state index contributed by atoms with van der Waals surface area (Å²) in [5.41, 5.74) is 7.43. The van der Waals surface area contributed by atoms with Crippen molar-refractivity contribution in [1.82, 2.24) is 10.9 Å². The van der Waals surface area contributed by atoms with Crippen LogP contribution in [0.4, 0.5) is 5.69 Å². The van der Waals surface area contributed by atoms with Crippen molar-refractivity contribution in [2.75, 3.05) is 5.32 Å². The number of carbonyl (C=O) groups excluding carboxylic acids is 1. The average molecular weight is 368 g/mol. The van der Waals surface area contributed by atoms with Gasteiger partial charge in [0, 0.05) is 10.7 Å². The first-order valence-corrected chi connectivity index (χ1v) is 8.07. The normalized spacial score (nSPS) is 10.0. The van der Waals surface area contributed by atoms with Crippen molar-refractivity contribution in [2.24, 2.45) is 0 Å². The largest absolute Gasteiger partial charge is 0.331 e. The summed E-state index contributed by atoms with van der Waals surface area (Å²) in [4.78, 5) is 12.1. The fraction of sp³-hybridized carbons (Fsp3) is 0.125. The molecule has 2 aromatic carbocycles. The van der Waals surface area contributed by atoms with Gasteiger partial charge in [0.25, 0.3) is 5.91 Å². The summed E-state index contributed by atoms with van der Waals surface area (Å²) in [7, 11) is 0. The van der Waals surface area contributed by atoms with E-state index in [0.717, 1.165) is 12.1 Å². The van der Waals surface area contributed by atoms with Gasteiger partial charge in [0.15, 0.2) is 5.11 Å². The Kier molecular flexibility index (Phi) is 6.21. The molecule has 0 aromatic heterocycles. The number of hydrogen-bond donors (Lipinski definition) is 3. The molecule has 2 rings (SSSR count). The Hall–Kier alpha value is -1.82. The zero-order chi connectivity index (χ0) is 16.8. The van der Waals surface area contributed by atoms with Gasteiger partial charge in [0.05, 0.1) is 10.6 Å². The summed E-state index contributed by atoms with van der Waals surface area (Å²) in [6.07, 6.45) is 0.972. The molecule has 0 aliphatic carbocycles. The fourth-order valence-electron chi connectivity index (χ4n) is 1.84. The van der Waals surface area contributed by atoms with Crippen LogP contribution in [0, 0.1) is 0 Å². The molecule has 23 heavy (non-hydrogen) atoms. The van der Waals surface area contributed by atoms with Crippen molar-refractivity contribution < 1.29 is 4.79 Å². The quantitative estimate of drug-likeness (QED) is 0.562. The molecular formula is C16H15Cl2N3OS. The molecule has 0 unspecified atom stereocenters. The van der Waals surface area contributed by atoms with Crippen LogP contribution in [0.25, 0.3) is 0 Å². The molecule has 0 aliphatic heterocycles. The number of halogens is 2. The molecule has 2 aromatic rings. The van der Waals surface area contributed by atoms with Crippen molar-refractivity contribution in [2.45, 2.75) is 13.3 Å². The average Bonchev–Trinajstić information content (AvgIpc) is 2.55. The van der Waals surface area contributed by atoms with Gasteiger partial charge in [-0.05, 0) is 54.5 Å². The lowest BCUT2D eigenvalue weighted by Gasteiger charge is -2.12. The zero-order valence-electron chi connectivity index (χ0n) is 12.3. The van der Waals surface area contributed by atoms with Crippen molar-refractivity contribution in [3.8, 4) is 0 Å². The van der Waals surface area contributed by atoms with Gasteiger partial charge in [-0.2, -0.15) is 0 Å². The van der Waals surface area contributed by atoms with Crippen LogP contribution in [-0.2, 0) is 6.42 Å². The molecule has 0 saturated carbocycles. The minimum atomic E-state index is -0.428. The molecule has 1 amide bonds. The number of thiocarbonyl (C=S) groups is 1. The molecule has 0 heterocycles. The highest BCUT2D eigenvalue weighted by atomic mass is 35.5. The summed E-state index contributed by atoms with van der Waals surface area (Å²) in [6.45, 7) is 2.09. The molecule has 3 N–H and O–H groups in total. The number of carbonyl (C=O) groups is 1. The molecule has 0 saturated heterocycles. The standard InChI is InChI=1S/C16H15Cl2N3OS/c1-2-10-3-6-12(7-4-10)19-16(23)21-20-15(22)13-9-11(17)5-8-14(13)18/h3-9H,2H2,1H3,(H,20,22)(H2,19,21,23). The summed E-state index contributed by atoms with van der Waals surface area (Å²) in [6, 6.07) is 12.5. The van der Waals surface area contributed by atoms with Crippen LogP contribution >= 0.6 is 35.4 Å². The Morgan fingerprint density at radius 3 is 2.43 bits per heavy atom. The summed E-state index contributed by atoms with van der Waals surface area (Å²) in [5.74, 6) is -0.428. The van der Waals surface area contributed by atoms with E-state index < -0.39 is 5.91 Å². The third kappa shape index (κ3) is 5.10. The van der Waals surface area contributed by atoms with E-state index in [1.807, 2.05) is 24.3 Å². The van der Waals surface area contributed by atoms with Gasteiger partial charge >= 0.3 is 0 Å². The van der Waals surface area contributed by atoms with Crippen LogP contribution in [-0.4, -0.2) is 11.0 Å². The molecule has 0 atom stereocenters. The van der Waals surface area contributed by atoms with Gasteiger partial charge in [-0.1, -0.05) is 42.3 Å². The van der Waals surface area contributed by atoms with Crippen molar-refractivity contribution in [3.63, 3.8) is 0 Å². The lowest BCUT2D eigenvalue weighted by Crippen LogP contribution is -2.43. The maximum Gasteiger partial charge on any atom is 0.271 e. The summed E-state index contributed by atoms with van der Waals surface area (Å²) >= 11 is 17.0. The fourth-order valence-corrected chi connectivity index (χ4v) is 2.38. The highest BCUT2D eigenvalue weighted by Crippen LogP contribution is 2.20. The number of nitrogens with one attached hydrogen (secondary N) is 3. The molecule has 120 valence electrons. The third-order valence-electron chi connectivity index (χ3n) is 3.08. The van der Waals surface area contributed by atoms with Crippen molar-refractivity contribution in [3.05, 3.63) is 63.6 Å². The smallest absolute Gasteiger partial charge is 0.271 e. The predicted octanol–water partition coefficient (Wildman–Crippen LogP) is 4.19. The molecule has 7 heteroatoms. The second kappa shape index (κ2) is 8.15. The number of rotatable bonds is 3. The molecule has 0 aliphatic rings. The third-order valence-corrected chi connectivity index (χ3v) is 3.85. The van der Waals surface area contributed by atoms with E-state index in [4.69, 9.17) is 35.4 Å². The Balaban J connectivity index is 1.90. The Morgan fingerprint density at radius 2 is 1.78 bits per heavy atom. The lowest BCUT2D eigenvalue weighted by atomic mass is 10.1. The number of benzene rings is 2. The molecule has 4 nitrogen and oxygen atoms in total. The second-order valence-electron chi connectivity index (χ2n) is 4.71. The van der Waals surface area contributed by atoms with E-state index >= 15 is 0 Å². The minimum absolute atomic E-state index is 0.265. The van der Waals surface area contributed by atoms with Crippen LogP contribution in [0.2, 0.25) is 10.0 Å². The SMILES string of the molecule is CCc1ccc(NC(=S)NNC(=O)c2cc(Cl)ccc2Cl)cc1. The van der Waals surface area contributed by atoms with Crippen LogP contribution < -0.4 is 16.2 Å². The number of hydrazine groups is 1. The van der Waals surface area contributed by atoms with E-state index in [9.17, 15) is 4.79 Å². The molecule has 0 fully saturated rings. The molecular weight excluding hydrogens is 353 g/mol. The van der Waals surface area contributed by atoms with Crippen LogP contribution in [0.5, 0.6) is 0 Å². The first-order chi connectivity index (χ1) is 11.0. The Labute approximate surface area is 150 Å². The Morgan fingerprint density at radius 1 is 1.09 bits per heavy atom. The monoisotopic (exact) mass is 367 g/mol. The van der Waals surface area contributed by atoms with Crippen molar-refractivity contribution in [1.29, 1.82) is 0 Å². The second-order valence-corrected chi connectivity index (χ2v) is 5.96. The number of amides is 1.